The molecule has 0 amide bonds. The van der Waals surface area contributed by atoms with Gasteiger partial charge in [0.15, 0.2) is 0 Å². The molecule has 0 aliphatic carbocycles. The van der Waals surface area contributed by atoms with Crippen LogP contribution in [0, 0.1) is 18.5 Å². The van der Waals surface area contributed by atoms with Crippen LogP contribution in [0.1, 0.15) is 106 Å². The van der Waals surface area contributed by atoms with Gasteiger partial charge in [0.25, 0.3) is 6.33 Å². The van der Waals surface area contributed by atoms with E-state index >= 15 is 0 Å². The molecular weight excluding hydrogens is 916 g/mol. The van der Waals surface area contributed by atoms with Crippen LogP contribution in [0.25, 0.3) is 50.1 Å². The zero-order valence-electron chi connectivity index (χ0n) is 37.1. The summed E-state index contributed by atoms with van der Waals surface area (Å²) >= 11 is 0. The molecule has 6 heteroatoms. The van der Waals surface area contributed by atoms with Gasteiger partial charge in [0.2, 0.25) is 0 Å². The van der Waals surface area contributed by atoms with Crippen LogP contribution in [0.5, 0.6) is 11.5 Å². The molecule has 8 aromatic rings. The van der Waals surface area contributed by atoms with Crippen molar-refractivity contribution in [2.45, 2.75) is 105 Å². The largest absolute Gasteiger partial charge is 0.510 e. The van der Waals surface area contributed by atoms with E-state index in [1.807, 2.05) is 12.3 Å². The van der Waals surface area contributed by atoms with Gasteiger partial charge in [-0.1, -0.05) is 149 Å². The molecule has 0 bridgehead atoms. The molecule has 0 aliphatic heterocycles. The van der Waals surface area contributed by atoms with Gasteiger partial charge in [0, 0.05) is 44.3 Å². The fourth-order valence-corrected chi connectivity index (χ4v) is 8.02. The fraction of sp³-hybridized carbons (Fsp3) is 0.296. The van der Waals surface area contributed by atoms with Crippen molar-refractivity contribution in [2.75, 3.05) is 0 Å². The van der Waals surface area contributed by atoms with Crippen LogP contribution in [0.2, 0.25) is 0 Å². The maximum atomic E-state index is 6.84. The SMILES string of the molecule is CC(C)(C)c1cc(Oc2[c-]c3c(cc2)c2ccccc2n3-c2cc(C(C)(C)C)ccn2)[c-]c(-n2[c-][n+](-c3ccc(-c4ccccc4)cc3)c(C(C)(C)C)c2C(C)(C)C)c1.[Pt]. The monoisotopic (exact) mass is 971 g/mol. The van der Waals surface area contributed by atoms with Crippen molar-refractivity contribution in [1.29, 1.82) is 0 Å². The summed E-state index contributed by atoms with van der Waals surface area (Å²) in [6.07, 6.45) is 5.74. The molecule has 0 unspecified atom stereocenters. The Balaban J connectivity index is 0.00000544. The number of hydrogen-bond donors (Lipinski definition) is 0. The van der Waals surface area contributed by atoms with Gasteiger partial charge in [-0.15, -0.1) is 29.7 Å². The number of aromatic nitrogens is 4. The number of fused-ring (bicyclic) bond motifs is 3. The Morgan fingerprint density at radius 2 is 1.22 bits per heavy atom. The molecule has 3 aromatic heterocycles. The zero-order chi connectivity index (χ0) is 42.1. The number of benzene rings is 5. The standard InChI is InChI=1S/C54H56N4O.Pt/c1-51(2,3)38-28-29-55-48(32-38)58-46-21-17-16-20-44(46)45-27-26-42(34-47(45)58)59-43-31-39(52(4,5)6)30-41(33-43)57-35-56(49(53(7,8)9)50(57)54(10,11)12)40-24-22-37(23-25-40)36-18-14-13-15-19-36;/h13-32H,1-12H3;/q-2;. The average Bonchev–Trinajstić information content (AvgIpc) is 3.76. The molecule has 0 N–H and O–H groups in total. The van der Waals surface area contributed by atoms with Crippen LogP contribution in [-0.4, -0.2) is 14.1 Å². The molecular formula is C54H56N4OPt-2. The van der Waals surface area contributed by atoms with E-state index < -0.39 is 0 Å². The number of rotatable bonds is 6. The first-order valence-electron chi connectivity index (χ1n) is 20.7. The molecule has 0 saturated heterocycles. The number of imidazole rings is 1. The Morgan fingerprint density at radius 1 is 0.567 bits per heavy atom. The van der Waals surface area contributed by atoms with Crippen LogP contribution in [0.4, 0.5) is 0 Å². The summed E-state index contributed by atoms with van der Waals surface area (Å²) in [6.45, 7) is 27.1. The van der Waals surface area contributed by atoms with Gasteiger partial charge in [-0.3, -0.25) is 4.57 Å². The van der Waals surface area contributed by atoms with Crippen LogP contribution in [-0.2, 0) is 42.7 Å². The maximum Gasteiger partial charge on any atom is 0.267 e. The Kier molecular flexibility index (Phi) is 11.2. The minimum atomic E-state index is -0.231. The Labute approximate surface area is 371 Å². The van der Waals surface area contributed by atoms with E-state index in [2.05, 4.69) is 224 Å². The summed E-state index contributed by atoms with van der Waals surface area (Å²) in [5.41, 5.74) is 10.4. The van der Waals surface area contributed by atoms with E-state index in [1.54, 1.807) is 0 Å². The second kappa shape index (κ2) is 15.7. The first kappa shape index (κ1) is 42.9. The molecule has 0 saturated carbocycles. The summed E-state index contributed by atoms with van der Waals surface area (Å²) in [4.78, 5) is 4.87. The van der Waals surface area contributed by atoms with E-state index in [0.29, 0.717) is 11.5 Å². The predicted molar refractivity (Wildman–Crippen MR) is 243 cm³/mol. The molecule has 0 spiro atoms. The molecule has 0 fully saturated rings. The molecule has 0 atom stereocenters. The van der Waals surface area contributed by atoms with E-state index in [0.717, 1.165) is 44.6 Å². The van der Waals surface area contributed by atoms with Gasteiger partial charge in [-0.05, 0) is 79.8 Å². The molecule has 310 valence electrons. The van der Waals surface area contributed by atoms with Crippen LogP contribution < -0.4 is 9.30 Å². The summed E-state index contributed by atoms with van der Waals surface area (Å²) in [5, 5.41) is 2.24. The summed E-state index contributed by atoms with van der Waals surface area (Å²) in [5.74, 6) is 2.09. The summed E-state index contributed by atoms with van der Waals surface area (Å²) < 4.78 is 13.5. The predicted octanol–water partition coefficient (Wildman–Crippen LogP) is 13.3. The van der Waals surface area contributed by atoms with Crippen molar-refractivity contribution < 1.29 is 30.4 Å². The second-order valence-corrected chi connectivity index (χ2v) is 19.9. The molecule has 8 rings (SSSR count). The van der Waals surface area contributed by atoms with Crippen LogP contribution >= 0.6 is 0 Å². The van der Waals surface area contributed by atoms with Gasteiger partial charge < -0.3 is 13.9 Å². The summed E-state index contributed by atoms with van der Waals surface area (Å²) in [6, 6.07) is 48.0. The third-order valence-electron chi connectivity index (χ3n) is 11.1. The Morgan fingerprint density at radius 3 is 1.87 bits per heavy atom. The van der Waals surface area contributed by atoms with Crippen molar-refractivity contribution in [2.24, 2.45) is 0 Å². The van der Waals surface area contributed by atoms with Crippen molar-refractivity contribution >= 4 is 21.8 Å². The molecule has 5 aromatic carbocycles. The molecule has 0 radical (unpaired) electrons. The quantitative estimate of drug-likeness (QED) is 0.123. The van der Waals surface area contributed by atoms with Gasteiger partial charge in [-0.25, -0.2) is 4.98 Å². The minimum Gasteiger partial charge on any atom is -0.510 e. The molecule has 3 heterocycles. The topological polar surface area (TPSA) is 35.9 Å². The third-order valence-corrected chi connectivity index (χ3v) is 11.1. The second-order valence-electron chi connectivity index (χ2n) is 19.9. The van der Waals surface area contributed by atoms with Crippen molar-refractivity contribution in [3.8, 4) is 39.8 Å². The minimum absolute atomic E-state index is 0. The first-order valence-corrected chi connectivity index (χ1v) is 20.7. The van der Waals surface area contributed by atoms with Crippen molar-refractivity contribution in [3.63, 3.8) is 0 Å². The Hall–Kier alpha value is -5.25. The van der Waals surface area contributed by atoms with E-state index in [1.165, 1.54) is 28.1 Å². The van der Waals surface area contributed by atoms with Gasteiger partial charge in [0.1, 0.15) is 5.82 Å². The van der Waals surface area contributed by atoms with Gasteiger partial charge >= 0.3 is 0 Å². The van der Waals surface area contributed by atoms with Crippen LogP contribution in [0.3, 0.4) is 0 Å². The number of ether oxygens (including phenoxy) is 1. The van der Waals surface area contributed by atoms with E-state index in [-0.39, 0.29) is 42.7 Å². The Bertz CT molecular complexity index is 2820. The molecule has 60 heavy (non-hydrogen) atoms. The van der Waals surface area contributed by atoms with Crippen molar-refractivity contribution in [1.82, 2.24) is 14.1 Å². The normalized spacial score (nSPS) is 12.5. The van der Waals surface area contributed by atoms with E-state index in [9.17, 15) is 0 Å². The number of para-hydroxylation sites is 1. The van der Waals surface area contributed by atoms with Gasteiger partial charge in [-0.2, -0.15) is 17.7 Å². The maximum absolute atomic E-state index is 6.84. The number of pyridine rings is 1. The zero-order valence-corrected chi connectivity index (χ0v) is 39.3. The van der Waals surface area contributed by atoms with Crippen molar-refractivity contribution in [3.05, 3.63) is 162 Å². The smallest absolute Gasteiger partial charge is 0.267 e. The third kappa shape index (κ3) is 8.26. The van der Waals surface area contributed by atoms with Crippen LogP contribution in [0.15, 0.2) is 121 Å². The first-order chi connectivity index (χ1) is 27.8. The summed E-state index contributed by atoms with van der Waals surface area (Å²) in [7, 11) is 0. The van der Waals surface area contributed by atoms with Gasteiger partial charge in [0.05, 0.1) is 17.1 Å². The number of hydrogen-bond acceptors (Lipinski definition) is 2. The molecule has 0 aliphatic rings. The number of nitrogens with zero attached hydrogens (tertiary/aromatic N) is 4. The molecule has 5 nitrogen and oxygen atoms in total. The average molecular weight is 972 g/mol. The fourth-order valence-electron chi connectivity index (χ4n) is 8.02. The van der Waals surface area contributed by atoms with E-state index in [4.69, 9.17) is 9.72 Å².